The van der Waals surface area contributed by atoms with Crippen LogP contribution in [0, 0.1) is 13.8 Å². The molecule has 4 aromatic carbocycles. The quantitative estimate of drug-likeness (QED) is 0.265. The molecule has 36 heavy (non-hydrogen) atoms. The summed E-state index contributed by atoms with van der Waals surface area (Å²) < 4.78 is 16.9. The first-order valence-electron chi connectivity index (χ1n) is 11.5. The molecule has 4 aromatic rings. The van der Waals surface area contributed by atoms with Gasteiger partial charge < -0.3 is 19.5 Å². The van der Waals surface area contributed by atoms with E-state index >= 15 is 0 Å². The Kier molecular flexibility index (Phi) is 7.98. The predicted octanol–water partition coefficient (Wildman–Crippen LogP) is 6.87. The zero-order chi connectivity index (χ0) is 25.3. The standard InChI is InChI=1S/C30H28N2O4/c1-21-11-12-25(17-22(21)2)32-30(33)20-35-27-8-6-7-23(18-27)19-31-24-13-15-26(16-14-24)36-29-10-5-4-9-28(29)34-3/h4-19H,20H2,1-3H3,(H,32,33). The van der Waals surface area contributed by atoms with Gasteiger partial charge in [0.05, 0.1) is 12.8 Å². The number of carbonyl (C=O) groups is 1. The monoisotopic (exact) mass is 480 g/mol. The Morgan fingerprint density at radius 3 is 2.36 bits per heavy atom. The van der Waals surface area contributed by atoms with E-state index in [2.05, 4.69) is 10.3 Å². The van der Waals surface area contributed by atoms with Gasteiger partial charge in [0, 0.05) is 11.9 Å². The van der Waals surface area contributed by atoms with Gasteiger partial charge in [-0.3, -0.25) is 9.79 Å². The molecule has 4 rings (SSSR count). The number of methoxy groups -OCH3 is 1. The van der Waals surface area contributed by atoms with Crippen molar-refractivity contribution in [1.29, 1.82) is 0 Å². The molecule has 1 N–H and O–H groups in total. The van der Waals surface area contributed by atoms with E-state index in [4.69, 9.17) is 14.2 Å². The van der Waals surface area contributed by atoms with Crippen LogP contribution in [-0.4, -0.2) is 25.8 Å². The summed E-state index contributed by atoms with van der Waals surface area (Å²) >= 11 is 0. The van der Waals surface area contributed by atoms with Crippen molar-refractivity contribution in [2.24, 2.45) is 4.99 Å². The first-order valence-corrected chi connectivity index (χ1v) is 11.5. The minimum Gasteiger partial charge on any atom is -0.493 e. The van der Waals surface area contributed by atoms with E-state index in [-0.39, 0.29) is 12.5 Å². The molecule has 0 saturated heterocycles. The fourth-order valence-corrected chi connectivity index (χ4v) is 3.43. The summed E-state index contributed by atoms with van der Waals surface area (Å²) in [6.45, 7) is 3.97. The van der Waals surface area contributed by atoms with Crippen molar-refractivity contribution in [3.8, 4) is 23.0 Å². The van der Waals surface area contributed by atoms with E-state index in [1.165, 1.54) is 5.56 Å². The first kappa shape index (κ1) is 24.5. The molecule has 0 spiro atoms. The van der Waals surface area contributed by atoms with Gasteiger partial charge in [-0.25, -0.2) is 0 Å². The maximum absolute atomic E-state index is 12.3. The van der Waals surface area contributed by atoms with Crippen LogP contribution in [0.3, 0.4) is 0 Å². The molecule has 0 aliphatic carbocycles. The topological polar surface area (TPSA) is 69.1 Å². The normalized spacial score (nSPS) is 10.8. The number of rotatable bonds is 9. The average molecular weight is 481 g/mol. The molecule has 0 radical (unpaired) electrons. The summed E-state index contributed by atoms with van der Waals surface area (Å²) in [7, 11) is 1.61. The highest BCUT2D eigenvalue weighted by atomic mass is 16.5. The SMILES string of the molecule is COc1ccccc1Oc1ccc(N=Cc2cccc(OCC(=O)Nc3ccc(C)c(C)c3)c2)cc1. The van der Waals surface area contributed by atoms with E-state index in [1.54, 1.807) is 13.3 Å². The summed E-state index contributed by atoms with van der Waals surface area (Å²) in [5, 5.41) is 2.86. The summed E-state index contributed by atoms with van der Waals surface area (Å²) in [4.78, 5) is 16.8. The van der Waals surface area contributed by atoms with E-state index in [1.807, 2.05) is 105 Å². The number of anilines is 1. The van der Waals surface area contributed by atoms with Crippen molar-refractivity contribution in [2.45, 2.75) is 13.8 Å². The summed E-state index contributed by atoms with van der Waals surface area (Å²) in [6, 6.07) is 28.2. The molecule has 0 aromatic heterocycles. The molecule has 6 nitrogen and oxygen atoms in total. The van der Waals surface area contributed by atoms with E-state index in [9.17, 15) is 4.79 Å². The zero-order valence-corrected chi connectivity index (χ0v) is 20.5. The number of ether oxygens (including phenoxy) is 3. The minimum absolute atomic E-state index is 0.0822. The Morgan fingerprint density at radius 1 is 0.833 bits per heavy atom. The van der Waals surface area contributed by atoms with E-state index < -0.39 is 0 Å². The van der Waals surface area contributed by atoms with Gasteiger partial charge in [-0.15, -0.1) is 0 Å². The lowest BCUT2D eigenvalue weighted by Gasteiger charge is -2.10. The Morgan fingerprint density at radius 2 is 1.61 bits per heavy atom. The third-order valence-electron chi connectivity index (χ3n) is 5.51. The Bertz CT molecular complexity index is 1360. The van der Waals surface area contributed by atoms with Crippen LogP contribution in [0.15, 0.2) is 96.0 Å². The number of nitrogens with zero attached hydrogens (tertiary/aromatic N) is 1. The van der Waals surface area contributed by atoms with Crippen LogP contribution >= 0.6 is 0 Å². The largest absolute Gasteiger partial charge is 0.493 e. The molecule has 0 saturated carbocycles. The molecule has 0 aliphatic heterocycles. The summed E-state index contributed by atoms with van der Waals surface area (Å²) in [5.74, 6) is 2.38. The lowest BCUT2D eigenvalue weighted by Crippen LogP contribution is -2.20. The van der Waals surface area contributed by atoms with E-state index in [0.717, 1.165) is 22.5 Å². The van der Waals surface area contributed by atoms with Crippen molar-refractivity contribution in [3.05, 3.63) is 108 Å². The maximum atomic E-state index is 12.3. The van der Waals surface area contributed by atoms with Gasteiger partial charge in [0.15, 0.2) is 18.1 Å². The highest BCUT2D eigenvalue weighted by molar-refractivity contribution is 5.92. The average Bonchev–Trinajstić information content (AvgIpc) is 2.90. The predicted molar refractivity (Wildman–Crippen MR) is 143 cm³/mol. The number of hydrogen-bond donors (Lipinski definition) is 1. The van der Waals surface area contributed by atoms with Gasteiger partial charge in [0.2, 0.25) is 0 Å². The second kappa shape index (κ2) is 11.7. The number of aryl methyl sites for hydroxylation is 2. The highest BCUT2D eigenvalue weighted by Gasteiger charge is 2.06. The van der Waals surface area contributed by atoms with Crippen LogP contribution in [0.25, 0.3) is 0 Å². The van der Waals surface area contributed by atoms with Crippen molar-refractivity contribution in [2.75, 3.05) is 19.0 Å². The summed E-state index contributed by atoms with van der Waals surface area (Å²) in [6.07, 6.45) is 1.75. The van der Waals surface area contributed by atoms with Crippen molar-refractivity contribution < 1.29 is 19.0 Å². The van der Waals surface area contributed by atoms with Gasteiger partial charge in [0.1, 0.15) is 11.5 Å². The van der Waals surface area contributed by atoms with Gasteiger partial charge in [-0.2, -0.15) is 0 Å². The lowest BCUT2D eigenvalue weighted by molar-refractivity contribution is -0.118. The number of carbonyl (C=O) groups excluding carboxylic acids is 1. The Balaban J connectivity index is 1.32. The van der Waals surface area contributed by atoms with Gasteiger partial charge in [0.25, 0.3) is 5.91 Å². The molecule has 182 valence electrons. The Labute approximate surface area is 211 Å². The molecule has 1 amide bonds. The molecule has 0 heterocycles. The smallest absolute Gasteiger partial charge is 0.262 e. The molecule has 0 fully saturated rings. The molecular weight excluding hydrogens is 452 g/mol. The third-order valence-corrected chi connectivity index (χ3v) is 5.51. The molecular formula is C30H28N2O4. The van der Waals surface area contributed by atoms with Crippen molar-refractivity contribution >= 4 is 23.5 Å². The zero-order valence-electron chi connectivity index (χ0n) is 20.5. The third kappa shape index (κ3) is 6.73. The number of benzene rings is 4. The Hall–Kier alpha value is -4.58. The first-order chi connectivity index (χ1) is 17.5. The lowest BCUT2D eigenvalue weighted by atomic mass is 10.1. The number of hydrogen-bond acceptors (Lipinski definition) is 5. The second-order valence-corrected chi connectivity index (χ2v) is 8.21. The van der Waals surface area contributed by atoms with Crippen LogP contribution in [0.4, 0.5) is 11.4 Å². The number of para-hydroxylation sites is 2. The number of nitrogens with one attached hydrogen (secondary N) is 1. The van der Waals surface area contributed by atoms with Gasteiger partial charge >= 0.3 is 0 Å². The van der Waals surface area contributed by atoms with Crippen LogP contribution in [0.5, 0.6) is 23.0 Å². The van der Waals surface area contributed by atoms with Crippen LogP contribution in [0.1, 0.15) is 16.7 Å². The maximum Gasteiger partial charge on any atom is 0.262 e. The molecule has 0 unspecified atom stereocenters. The second-order valence-electron chi connectivity index (χ2n) is 8.21. The minimum atomic E-state index is -0.215. The van der Waals surface area contributed by atoms with Crippen molar-refractivity contribution in [1.82, 2.24) is 0 Å². The highest BCUT2D eigenvalue weighted by Crippen LogP contribution is 2.31. The number of aliphatic imine (C=N–C) groups is 1. The number of amides is 1. The van der Waals surface area contributed by atoms with Crippen LogP contribution < -0.4 is 19.5 Å². The van der Waals surface area contributed by atoms with E-state index in [0.29, 0.717) is 23.0 Å². The fraction of sp³-hybridized carbons (Fsp3) is 0.133. The van der Waals surface area contributed by atoms with Crippen molar-refractivity contribution in [3.63, 3.8) is 0 Å². The molecule has 0 aliphatic rings. The van der Waals surface area contributed by atoms with Crippen LogP contribution in [0.2, 0.25) is 0 Å². The molecule has 6 heteroatoms. The van der Waals surface area contributed by atoms with Gasteiger partial charge in [-0.05, 0) is 91.2 Å². The summed E-state index contributed by atoms with van der Waals surface area (Å²) in [5.41, 5.74) is 4.70. The molecule has 0 bridgehead atoms. The van der Waals surface area contributed by atoms with Gasteiger partial charge in [-0.1, -0.05) is 30.3 Å². The molecule has 0 atom stereocenters. The van der Waals surface area contributed by atoms with Crippen LogP contribution in [-0.2, 0) is 4.79 Å². The fourth-order valence-electron chi connectivity index (χ4n) is 3.43.